The number of H-pyrrole nitrogens is 1. The lowest BCUT2D eigenvalue weighted by atomic mass is 10.3. The first kappa shape index (κ1) is 14.2. The molecule has 0 aliphatic carbocycles. The van der Waals surface area contributed by atoms with E-state index in [9.17, 15) is 14.4 Å². The molecule has 0 fully saturated rings. The fourth-order valence-corrected chi connectivity index (χ4v) is 2.68. The van der Waals surface area contributed by atoms with Gasteiger partial charge in [0.25, 0.3) is 11.5 Å². The summed E-state index contributed by atoms with van der Waals surface area (Å²) in [6.07, 6.45) is 0. The van der Waals surface area contributed by atoms with E-state index in [2.05, 4.69) is 20.3 Å². The third kappa shape index (κ3) is 2.68. The van der Waals surface area contributed by atoms with E-state index >= 15 is 0 Å². The normalized spacial score (nSPS) is 13.0. The van der Waals surface area contributed by atoms with Gasteiger partial charge < -0.3 is 16.0 Å². The van der Waals surface area contributed by atoms with Gasteiger partial charge in [0.1, 0.15) is 5.69 Å². The molecule has 0 bridgehead atoms. The molecule has 22 heavy (non-hydrogen) atoms. The first-order valence-electron chi connectivity index (χ1n) is 6.36. The van der Waals surface area contributed by atoms with Gasteiger partial charge in [-0.05, 0) is 0 Å². The van der Waals surface area contributed by atoms with Gasteiger partial charge in [-0.15, -0.1) is 11.3 Å². The van der Waals surface area contributed by atoms with Gasteiger partial charge in [-0.3, -0.25) is 19.4 Å². The Kier molecular flexibility index (Phi) is 3.59. The second-order valence-electron chi connectivity index (χ2n) is 4.68. The Balaban J connectivity index is 1.62. The topological polar surface area (TPSA) is 134 Å². The average molecular weight is 320 g/mol. The van der Waals surface area contributed by atoms with Crippen molar-refractivity contribution >= 4 is 29.1 Å². The minimum absolute atomic E-state index is 0.0230. The number of amides is 2. The highest BCUT2D eigenvalue weighted by molar-refractivity contribution is 7.07. The third-order valence-corrected chi connectivity index (χ3v) is 3.81. The number of nitrogens with two attached hydrogens (primary N) is 1. The molecular formula is C12H12N6O3S. The van der Waals surface area contributed by atoms with Gasteiger partial charge in [0.2, 0.25) is 11.9 Å². The lowest BCUT2D eigenvalue weighted by Gasteiger charge is -2.14. The Bertz CT molecular complexity index is 785. The summed E-state index contributed by atoms with van der Waals surface area (Å²) < 4.78 is 0. The van der Waals surface area contributed by atoms with Crippen molar-refractivity contribution < 1.29 is 9.59 Å². The molecule has 114 valence electrons. The number of rotatable bonds is 3. The summed E-state index contributed by atoms with van der Waals surface area (Å²) in [6.45, 7) is 0.190. The minimum atomic E-state index is -0.411. The Hall–Kier alpha value is -2.75. The maximum absolute atomic E-state index is 12.1. The van der Waals surface area contributed by atoms with Gasteiger partial charge in [-0.1, -0.05) is 0 Å². The molecule has 10 heteroatoms. The van der Waals surface area contributed by atoms with E-state index < -0.39 is 5.91 Å². The molecule has 1 aliphatic rings. The van der Waals surface area contributed by atoms with Crippen molar-refractivity contribution in [3.05, 3.63) is 38.2 Å². The molecule has 0 spiro atoms. The van der Waals surface area contributed by atoms with E-state index in [1.807, 2.05) is 0 Å². The van der Waals surface area contributed by atoms with Gasteiger partial charge in [0.05, 0.1) is 36.4 Å². The summed E-state index contributed by atoms with van der Waals surface area (Å²) >= 11 is 1.30. The number of nitrogens with one attached hydrogen (secondary N) is 2. The fourth-order valence-electron chi connectivity index (χ4n) is 2.14. The average Bonchev–Trinajstić information content (AvgIpc) is 3.13. The predicted octanol–water partition coefficient (Wildman–Crippen LogP) is -0.919. The number of aromatic nitrogens is 3. The van der Waals surface area contributed by atoms with Crippen LogP contribution in [0.2, 0.25) is 0 Å². The van der Waals surface area contributed by atoms with Gasteiger partial charge in [0.15, 0.2) is 0 Å². The molecule has 2 aromatic heterocycles. The number of carbonyl (C=O) groups is 2. The molecule has 3 rings (SSSR count). The van der Waals surface area contributed by atoms with Crippen LogP contribution in [0.1, 0.15) is 21.7 Å². The zero-order chi connectivity index (χ0) is 15.7. The first-order valence-corrected chi connectivity index (χ1v) is 7.30. The number of anilines is 1. The molecule has 0 unspecified atom stereocenters. The number of carbonyl (C=O) groups excluding carboxylic acids is 2. The lowest BCUT2D eigenvalue weighted by molar-refractivity contribution is -0.130. The van der Waals surface area contributed by atoms with Crippen LogP contribution in [0, 0.1) is 0 Å². The Morgan fingerprint density at radius 1 is 1.45 bits per heavy atom. The second kappa shape index (κ2) is 5.56. The molecule has 0 saturated heterocycles. The molecule has 2 aromatic rings. The van der Waals surface area contributed by atoms with Crippen LogP contribution in [-0.4, -0.2) is 38.2 Å². The molecule has 9 nitrogen and oxygen atoms in total. The van der Waals surface area contributed by atoms with E-state index in [0.717, 1.165) is 0 Å². The lowest BCUT2D eigenvalue weighted by Crippen LogP contribution is -2.37. The SMILES string of the molecule is Nc1nc2c(c(=O)[nH]1)CN(C(=O)CNC(=O)c1cscn1)C2. The smallest absolute Gasteiger partial charge is 0.271 e. The van der Waals surface area contributed by atoms with Crippen molar-refractivity contribution in [2.75, 3.05) is 12.3 Å². The first-order chi connectivity index (χ1) is 10.5. The zero-order valence-electron chi connectivity index (χ0n) is 11.3. The van der Waals surface area contributed by atoms with Crippen molar-refractivity contribution in [1.82, 2.24) is 25.2 Å². The van der Waals surface area contributed by atoms with E-state index in [0.29, 0.717) is 11.3 Å². The van der Waals surface area contributed by atoms with Crippen LogP contribution >= 0.6 is 11.3 Å². The fraction of sp³-hybridized carbons (Fsp3) is 0.250. The summed E-state index contributed by atoms with van der Waals surface area (Å²) in [5.74, 6) is -0.694. The van der Waals surface area contributed by atoms with Crippen LogP contribution in [0.4, 0.5) is 5.95 Å². The molecule has 0 aromatic carbocycles. The van der Waals surface area contributed by atoms with Gasteiger partial charge in [-0.25, -0.2) is 9.97 Å². The molecule has 0 saturated carbocycles. The predicted molar refractivity (Wildman–Crippen MR) is 78.0 cm³/mol. The largest absolute Gasteiger partial charge is 0.369 e. The minimum Gasteiger partial charge on any atom is -0.369 e. The van der Waals surface area contributed by atoms with Crippen molar-refractivity contribution in [2.45, 2.75) is 13.1 Å². The zero-order valence-corrected chi connectivity index (χ0v) is 12.1. The van der Waals surface area contributed by atoms with Crippen LogP contribution in [0.25, 0.3) is 0 Å². The van der Waals surface area contributed by atoms with Crippen LogP contribution < -0.4 is 16.6 Å². The molecule has 2 amide bonds. The van der Waals surface area contributed by atoms with E-state index in [1.165, 1.54) is 21.7 Å². The van der Waals surface area contributed by atoms with E-state index in [4.69, 9.17) is 5.73 Å². The molecule has 3 heterocycles. The summed E-state index contributed by atoms with van der Waals surface area (Å²) in [4.78, 5) is 47.3. The monoisotopic (exact) mass is 320 g/mol. The second-order valence-corrected chi connectivity index (χ2v) is 5.40. The number of nitrogens with zero attached hydrogens (tertiary/aromatic N) is 3. The maximum Gasteiger partial charge on any atom is 0.271 e. The van der Waals surface area contributed by atoms with Gasteiger partial charge in [-0.2, -0.15) is 0 Å². The third-order valence-electron chi connectivity index (χ3n) is 3.23. The highest BCUT2D eigenvalue weighted by Gasteiger charge is 2.27. The molecule has 0 radical (unpaired) electrons. The Morgan fingerprint density at radius 3 is 3.00 bits per heavy atom. The number of hydrogen-bond donors (Lipinski definition) is 3. The van der Waals surface area contributed by atoms with Crippen molar-refractivity contribution in [3.63, 3.8) is 0 Å². The number of aromatic amines is 1. The Labute approximate surface area is 128 Å². The Morgan fingerprint density at radius 2 is 2.27 bits per heavy atom. The highest BCUT2D eigenvalue weighted by atomic mass is 32.1. The molecular weight excluding hydrogens is 308 g/mol. The van der Waals surface area contributed by atoms with E-state index in [1.54, 1.807) is 5.38 Å². The molecule has 4 N–H and O–H groups in total. The summed E-state index contributed by atoms with van der Waals surface area (Å²) in [6, 6.07) is 0. The molecule has 1 aliphatic heterocycles. The van der Waals surface area contributed by atoms with Crippen LogP contribution in [0.3, 0.4) is 0 Å². The van der Waals surface area contributed by atoms with Crippen LogP contribution in [0.15, 0.2) is 15.7 Å². The number of hydrogen-bond acceptors (Lipinski definition) is 7. The standard InChI is InChI=1S/C12H12N6O3S/c13-12-16-7-3-18(2-6(7)10(20)17-12)9(19)1-14-11(21)8-4-22-5-15-8/h4-5H,1-3H2,(H,14,21)(H3,13,16,17,20). The van der Waals surface area contributed by atoms with Gasteiger partial charge >= 0.3 is 0 Å². The highest BCUT2D eigenvalue weighted by Crippen LogP contribution is 2.17. The summed E-state index contributed by atoms with van der Waals surface area (Å²) in [7, 11) is 0. The van der Waals surface area contributed by atoms with Gasteiger partial charge in [0, 0.05) is 5.38 Å². The maximum atomic E-state index is 12.1. The number of nitrogen functional groups attached to an aromatic ring is 1. The number of thiazole rings is 1. The van der Waals surface area contributed by atoms with Crippen molar-refractivity contribution in [3.8, 4) is 0 Å². The van der Waals surface area contributed by atoms with Crippen LogP contribution in [-0.2, 0) is 17.9 Å². The summed E-state index contributed by atoms with van der Waals surface area (Å²) in [5.41, 5.74) is 7.85. The molecule has 0 atom stereocenters. The van der Waals surface area contributed by atoms with Crippen molar-refractivity contribution in [2.24, 2.45) is 0 Å². The van der Waals surface area contributed by atoms with Crippen molar-refractivity contribution in [1.29, 1.82) is 0 Å². The number of fused-ring (bicyclic) bond motifs is 1. The summed E-state index contributed by atoms with van der Waals surface area (Å²) in [5, 5.41) is 4.09. The van der Waals surface area contributed by atoms with E-state index in [-0.39, 0.29) is 42.7 Å². The van der Waals surface area contributed by atoms with Crippen LogP contribution in [0.5, 0.6) is 0 Å². The quantitative estimate of drug-likeness (QED) is 0.669.